The monoisotopic (exact) mass is 193 g/mol. The highest BCUT2D eigenvalue weighted by Crippen LogP contribution is 2.36. The lowest BCUT2D eigenvalue weighted by atomic mass is 9.97. The first kappa shape index (κ1) is 9.71. The second kappa shape index (κ2) is 3.73. The molecule has 3 nitrogen and oxygen atoms in total. The lowest BCUT2D eigenvalue weighted by Gasteiger charge is -2.30. The van der Waals surface area contributed by atoms with Crippen molar-refractivity contribution in [2.24, 2.45) is 5.73 Å². The quantitative estimate of drug-likeness (QED) is 0.793. The standard InChI is InChI=1S/C11H19N3/c1-2-10-13-7-8-14(10)11(9-12)5-3-4-6-11/h7-8H,2-6,9,12H2,1H3. The van der Waals surface area contributed by atoms with Gasteiger partial charge in [-0.25, -0.2) is 4.98 Å². The van der Waals surface area contributed by atoms with Gasteiger partial charge in [0.05, 0.1) is 5.54 Å². The lowest BCUT2D eigenvalue weighted by molar-refractivity contribution is 0.295. The summed E-state index contributed by atoms with van der Waals surface area (Å²) in [4.78, 5) is 4.38. The minimum atomic E-state index is 0.182. The molecule has 1 fully saturated rings. The van der Waals surface area contributed by atoms with Crippen LogP contribution >= 0.6 is 0 Å². The van der Waals surface area contributed by atoms with Crippen LogP contribution in [0.15, 0.2) is 12.4 Å². The van der Waals surface area contributed by atoms with Crippen molar-refractivity contribution in [1.29, 1.82) is 0 Å². The molecule has 1 aliphatic carbocycles. The predicted molar refractivity (Wildman–Crippen MR) is 57.1 cm³/mol. The van der Waals surface area contributed by atoms with Crippen LogP contribution in [0.1, 0.15) is 38.4 Å². The smallest absolute Gasteiger partial charge is 0.108 e. The minimum absolute atomic E-state index is 0.182. The highest BCUT2D eigenvalue weighted by atomic mass is 15.1. The van der Waals surface area contributed by atoms with Gasteiger partial charge in [-0.3, -0.25) is 0 Å². The van der Waals surface area contributed by atoms with Crippen LogP contribution < -0.4 is 5.73 Å². The summed E-state index contributed by atoms with van der Waals surface area (Å²) >= 11 is 0. The molecule has 1 heterocycles. The maximum Gasteiger partial charge on any atom is 0.108 e. The van der Waals surface area contributed by atoms with Gasteiger partial charge in [0, 0.05) is 25.4 Å². The molecule has 1 aliphatic rings. The van der Waals surface area contributed by atoms with Crippen molar-refractivity contribution >= 4 is 0 Å². The van der Waals surface area contributed by atoms with Crippen LogP contribution in [0.4, 0.5) is 0 Å². The van der Waals surface area contributed by atoms with E-state index < -0.39 is 0 Å². The number of aromatic nitrogens is 2. The van der Waals surface area contributed by atoms with Crippen LogP contribution in [-0.4, -0.2) is 16.1 Å². The van der Waals surface area contributed by atoms with Crippen molar-refractivity contribution in [3.63, 3.8) is 0 Å². The van der Waals surface area contributed by atoms with Crippen molar-refractivity contribution < 1.29 is 0 Å². The average Bonchev–Trinajstić information content (AvgIpc) is 2.86. The molecule has 0 bridgehead atoms. The van der Waals surface area contributed by atoms with E-state index in [-0.39, 0.29) is 5.54 Å². The fourth-order valence-electron chi connectivity index (χ4n) is 2.60. The third-order valence-electron chi connectivity index (χ3n) is 3.46. The summed E-state index contributed by atoms with van der Waals surface area (Å²) in [5.74, 6) is 1.18. The molecule has 0 amide bonds. The summed E-state index contributed by atoms with van der Waals surface area (Å²) < 4.78 is 2.32. The normalized spacial score (nSPS) is 20.1. The second-order valence-electron chi connectivity index (χ2n) is 4.20. The third kappa shape index (κ3) is 1.36. The predicted octanol–water partition coefficient (Wildman–Crippen LogP) is 1.67. The average molecular weight is 193 g/mol. The third-order valence-corrected chi connectivity index (χ3v) is 3.46. The molecule has 1 aromatic heterocycles. The van der Waals surface area contributed by atoms with E-state index in [4.69, 9.17) is 5.73 Å². The summed E-state index contributed by atoms with van der Waals surface area (Å²) in [6.07, 6.45) is 10.0. The Balaban J connectivity index is 2.35. The van der Waals surface area contributed by atoms with Gasteiger partial charge in [-0.1, -0.05) is 19.8 Å². The summed E-state index contributed by atoms with van der Waals surface area (Å²) in [5, 5.41) is 0. The fraction of sp³-hybridized carbons (Fsp3) is 0.727. The molecule has 1 aromatic rings. The topological polar surface area (TPSA) is 43.8 Å². The molecular formula is C11H19N3. The zero-order chi connectivity index (χ0) is 10.0. The van der Waals surface area contributed by atoms with Gasteiger partial charge >= 0.3 is 0 Å². The van der Waals surface area contributed by atoms with E-state index in [1.807, 2.05) is 6.20 Å². The van der Waals surface area contributed by atoms with Crippen molar-refractivity contribution in [3.8, 4) is 0 Å². The molecule has 0 saturated heterocycles. The van der Waals surface area contributed by atoms with Crippen molar-refractivity contribution in [2.45, 2.75) is 44.6 Å². The lowest BCUT2D eigenvalue weighted by Crippen LogP contribution is -2.39. The van der Waals surface area contributed by atoms with E-state index in [0.717, 1.165) is 13.0 Å². The Labute approximate surface area is 85.3 Å². The summed E-state index contributed by atoms with van der Waals surface area (Å²) in [6.45, 7) is 2.90. The zero-order valence-corrected chi connectivity index (χ0v) is 8.87. The molecule has 14 heavy (non-hydrogen) atoms. The Morgan fingerprint density at radius 2 is 2.21 bits per heavy atom. The number of hydrogen-bond donors (Lipinski definition) is 1. The van der Waals surface area contributed by atoms with Crippen LogP contribution in [0.25, 0.3) is 0 Å². The van der Waals surface area contributed by atoms with Crippen LogP contribution in [0, 0.1) is 0 Å². The van der Waals surface area contributed by atoms with Gasteiger partial charge in [0.25, 0.3) is 0 Å². The minimum Gasteiger partial charge on any atom is -0.328 e. The van der Waals surface area contributed by atoms with E-state index in [9.17, 15) is 0 Å². The van der Waals surface area contributed by atoms with Gasteiger partial charge in [-0.2, -0.15) is 0 Å². The molecule has 0 radical (unpaired) electrons. The van der Waals surface area contributed by atoms with E-state index in [2.05, 4.69) is 22.7 Å². The summed E-state index contributed by atoms with van der Waals surface area (Å²) in [5.41, 5.74) is 6.12. The van der Waals surface area contributed by atoms with E-state index in [1.54, 1.807) is 0 Å². The maximum atomic E-state index is 5.93. The molecule has 2 N–H and O–H groups in total. The molecule has 0 spiro atoms. The van der Waals surface area contributed by atoms with Crippen LogP contribution in [0.3, 0.4) is 0 Å². The Morgan fingerprint density at radius 3 is 2.79 bits per heavy atom. The largest absolute Gasteiger partial charge is 0.328 e. The molecule has 2 rings (SSSR count). The first-order valence-electron chi connectivity index (χ1n) is 5.55. The van der Waals surface area contributed by atoms with Crippen molar-refractivity contribution in [3.05, 3.63) is 18.2 Å². The van der Waals surface area contributed by atoms with E-state index in [1.165, 1.54) is 31.5 Å². The molecule has 3 heteroatoms. The Kier molecular flexibility index (Phi) is 2.59. The molecule has 1 saturated carbocycles. The number of nitrogens with zero attached hydrogens (tertiary/aromatic N) is 2. The molecule has 0 aliphatic heterocycles. The van der Waals surface area contributed by atoms with Gasteiger partial charge in [0.15, 0.2) is 0 Å². The van der Waals surface area contributed by atoms with Gasteiger partial charge in [0.1, 0.15) is 5.82 Å². The number of rotatable bonds is 3. The molecule has 0 atom stereocenters. The number of aryl methyl sites for hydroxylation is 1. The second-order valence-corrected chi connectivity index (χ2v) is 4.20. The summed E-state index contributed by atoms with van der Waals surface area (Å²) in [6, 6.07) is 0. The van der Waals surface area contributed by atoms with E-state index >= 15 is 0 Å². The Hall–Kier alpha value is -0.830. The zero-order valence-electron chi connectivity index (χ0n) is 8.87. The van der Waals surface area contributed by atoms with Gasteiger partial charge in [-0.05, 0) is 12.8 Å². The van der Waals surface area contributed by atoms with Crippen LogP contribution in [0.5, 0.6) is 0 Å². The SMILES string of the molecule is CCc1nccn1C1(CN)CCCC1. The van der Waals surface area contributed by atoms with Gasteiger partial charge in [0.2, 0.25) is 0 Å². The molecule has 0 unspecified atom stereocenters. The van der Waals surface area contributed by atoms with Gasteiger partial charge < -0.3 is 10.3 Å². The van der Waals surface area contributed by atoms with Crippen molar-refractivity contribution in [2.75, 3.05) is 6.54 Å². The summed E-state index contributed by atoms with van der Waals surface area (Å²) in [7, 11) is 0. The van der Waals surface area contributed by atoms with Crippen molar-refractivity contribution in [1.82, 2.24) is 9.55 Å². The molecule has 0 aromatic carbocycles. The number of hydrogen-bond acceptors (Lipinski definition) is 2. The van der Waals surface area contributed by atoms with E-state index in [0.29, 0.717) is 0 Å². The molecular weight excluding hydrogens is 174 g/mol. The highest BCUT2D eigenvalue weighted by molar-refractivity contribution is 5.03. The fourth-order valence-corrected chi connectivity index (χ4v) is 2.60. The van der Waals surface area contributed by atoms with Gasteiger partial charge in [-0.15, -0.1) is 0 Å². The Morgan fingerprint density at radius 1 is 1.50 bits per heavy atom. The first-order chi connectivity index (χ1) is 6.82. The first-order valence-corrected chi connectivity index (χ1v) is 5.55. The maximum absolute atomic E-state index is 5.93. The Bertz CT molecular complexity index is 297. The highest BCUT2D eigenvalue weighted by Gasteiger charge is 2.35. The number of imidazole rings is 1. The van der Waals surface area contributed by atoms with Crippen LogP contribution in [-0.2, 0) is 12.0 Å². The number of nitrogens with two attached hydrogens (primary N) is 1. The molecule has 78 valence electrons. The van der Waals surface area contributed by atoms with Crippen LogP contribution in [0.2, 0.25) is 0 Å².